The third-order valence-corrected chi connectivity index (χ3v) is 5.01. The van der Waals surface area contributed by atoms with Gasteiger partial charge in [-0.3, -0.25) is 5.43 Å². The van der Waals surface area contributed by atoms with Crippen molar-refractivity contribution in [2.24, 2.45) is 0 Å². The van der Waals surface area contributed by atoms with Crippen LogP contribution in [-0.4, -0.2) is 47.0 Å². The minimum Gasteiger partial charge on any atom is -0.497 e. The lowest BCUT2D eigenvalue weighted by Crippen LogP contribution is -2.48. The van der Waals surface area contributed by atoms with E-state index in [9.17, 15) is 8.42 Å². The first-order valence-corrected chi connectivity index (χ1v) is 9.24. The molecule has 1 aromatic rings. The molecule has 1 aliphatic rings. The van der Waals surface area contributed by atoms with Crippen LogP contribution < -0.4 is 25.0 Å². The van der Waals surface area contributed by atoms with E-state index in [-0.39, 0.29) is 21.9 Å². The Morgan fingerprint density at radius 3 is 2.79 bits per heavy atom. The molecule has 0 bridgehead atoms. The van der Waals surface area contributed by atoms with E-state index in [4.69, 9.17) is 26.4 Å². The number of hydrazine groups is 1. The molecule has 1 atom stereocenters. The standard InChI is InChI=1S/C14H21N3O5S2/c1-20-10-5-6-13(12(8-10)21-2)24(18,19)17-16-14(23)15-9-11-4-3-7-22-11/h5-6,8,11,17H,3-4,7,9H2,1-2H3,(H2,15,16,23). The Bertz CT molecular complexity index is 675. The van der Waals surface area contributed by atoms with Gasteiger partial charge in [-0.05, 0) is 37.2 Å². The number of ether oxygens (including phenoxy) is 3. The molecular formula is C14H21N3O5S2. The Kier molecular flexibility index (Phi) is 6.60. The number of nitrogens with one attached hydrogen (secondary N) is 3. The lowest BCUT2D eigenvalue weighted by atomic mass is 10.2. The van der Waals surface area contributed by atoms with Crippen molar-refractivity contribution in [3.8, 4) is 11.5 Å². The summed E-state index contributed by atoms with van der Waals surface area (Å²) in [7, 11) is -0.990. The fraction of sp³-hybridized carbons (Fsp3) is 0.500. The highest BCUT2D eigenvalue weighted by Gasteiger charge is 2.21. The molecule has 8 nitrogen and oxygen atoms in total. The lowest BCUT2D eigenvalue weighted by molar-refractivity contribution is 0.114. The highest BCUT2D eigenvalue weighted by Crippen LogP contribution is 2.27. The number of sulfonamides is 1. The molecule has 2 rings (SSSR count). The van der Waals surface area contributed by atoms with E-state index in [1.807, 2.05) is 0 Å². The molecule has 1 aromatic carbocycles. The third-order valence-electron chi connectivity index (χ3n) is 3.47. The minimum absolute atomic E-state index is 0.0276. The molecule has 1 aliphatic heterocycles. The van der Waals surface area contributed by atoms with Gasteiger partial charge in [0.2, 0.25) is 0 Å². The fourth-order valence-electron chi connectivity index (χ4n) is 2.22. The molecule has 0 aromatic heterocycles. The van der Waals surface area contributed by atoms with Gasteiger partial charge in [0.05, 0.1) is 20.3 Å². The maximum absolute atomic E-state index is 12.4. The molecule has 24 heavy (non-hydrogen) atoms. The Balaban J connectivity index is 1.94. The van der Waals surface area contributed by atoms with Crippen molar-refractivity contribution < 1.29 is 22.6 Å². The average Bonchev–Trinajstić information content (AvgIpc) is 3.11. The third kappa shape index (κ3) is 4.94. The molecule has 134 valence electrons. The van der Waals surface area contributed by atoms with Crippen molar-refractivity contribution in [1.82, 2.24) is 15.6 Å². The minimum atomic E-state index is -3.86. The number of benzene rings is 1. The zero-order chi connectivity index (χ0) is 17.6. The summed E-state index contributed by atoms with van der Waals surface area (Å²) in [5, 5.41) is 3.08. The molecule has 0 spiro atoms. The SMILES string of the molecule is COc1ccc(S(=O)(=O)NNC(=S)NCC2CCCO2)c(OC)c1. The van der Waals surface area contributed by atoms with Gasteiger partial charge in [0.15, 0.2) is 5.11 Å². The summed E-state index contributed by atoms with van der Waals surface area (Å²) in [6, 6.07) is 4.41. The van der Waals surface area contributed by atoms with Gasteiger partial charge in [-0.1, -0.05) is 0 Å². The molecule has 3 N–H and O–H groups in total. The smallest absolute Gasteiger partial charge is 0.261 e. The summed E-state index contributed by atoms with van der Waals surface area (Å²) < 4.78 is 40.3. The summed E-state index contributed by atoms with van der Waals surface area (Å²) >= 11 is 5.05. The summed E-state index contributed by atoms with van der Waals surface area (Å²) in [5.74, 6) is 0.661. The van der Waals surface area contributed by atoms with Gasteiger partial charge >= 0.3 is 0 Å². The van der Waals surface area contributed by atoms with Crippen molar-refractivity contribution in [3.05, 3.63) is 18.2 Å². The van der Waals surface area contributed by atoms with E-state index in [2.05, 4.69) is 15.6 Å². The fourth-order valence-corrected chi connectivity index (χ4v) is 3.42. The van der Waals surface area contributed by atoms with Gasteiger partial charge in [-0.15, -0.1) is 4.83 Å². The average molecular weight is 375 g/mol. The Morgan fingerprint density at radius 1 is 1.38 bits per heavy atom. The van der Waals surface area contributed by atoms with Gasteiger partial charge in [-0.25, -0.2) is 8.42 Å². The Hall–Kier alpha value is -1.62. The number of thiocarbonyl (C=S) groups is 1. The van der Waals surface area contributed by atoms with Crippen molar-refractivity contribution in [1.29, 1.82) is 0 Å². The van der Waals surface area contributed by atoms with E-state index >= 15 is 0 Å². The van der Waals surface area contributed by atoms with Gasteiger partial charge < -0.3 is 19.5 Å². The summed E-state index contributed by atoms with van der Waals surface area (Å²) in [6.45, 7) is 1.27. The Morgan fingerprint density at radius 2 is 2.17 bits per heavy atom. The monoisotopic (exact) mass is 375 g/mol. The van der Waals surface area contributed by atoms with Crippen LogP contribution >= 0.6 is 12.2 Å². The van der Waals surface area contributed by atoms with E-state index in [0.717, 1.165) is 19.4 Å². The maximum atomic E-state index is 12.4. The zero-order valence-corrected chi connectivity index (χ0v) is 15.1. The van der Waals surface area contributed by atoms with Gasteiger partial charge in [-0.2, -0.15) is 0 Å². The predicted octanol–water partition coefficient (Wildman–Crippen LogP) is 0.540. The van der Waals surface area contributed by atoms with Crippen molar-refractivity contribution in [2.75, 3.05) is 27.4 Å². The van der Waals surface area contributed by atoms with Crippen LogP contribution in [0.15, 0.2) is 23.1 Å². The first-order valence-electron chi connectivity index (χ1n) is 7.35. The van der Waals surface area contributed by atoms with Crippen LogP contribution in [0.2, 0.25) is 0 Å². The van der Waals surface area contributed by atoms with Crippen LogP contribution in [0.1, 0.15) is 12.8 Å². The first-order chi connectivity index (χ1) is 11.5. The molecule has 0 radical (unpaired) electrons. The van der Waals surface area contributed by atoms with Crippen LogP contribution in [0.3, 0.4) is 0 Å². The molecule has 1 unspecified atom stereocenters. The number of methoxy groups -OCH3 is 2. The molecule has 1 heterocycles. The van der Waals surface area contributed by atoms with Gasteiger partial charge in [0.1, 0.15) is 16.4 Å². The lowest BCUT2D eigenvalue weighted by Gasteiger charge is -2.16. The largest absolute Gasteiger partial charge is 0.497 e. The highest BCUT2D eigenvalue weighted by molar-refractivity contribution is 7.89. The van der Waals surface area contributed by atoms with E-state index in [1.165, 1.54) is 32.4 Å². The van der Waals surface area contributed by atoms with Crippen LogP contribution in [0.25, 0.3) is 0 Å². The normalized spacial score (nSPS) is 17.3. The zero-order valence-electron chi connectivity index (χ0n) is 13.5. The van der Waals surface area contributed by atoms with Crippen LogP contribution in [0.5, 0.6) is 11.5 Å². The predicted molar refractivity (Wildman–Crippen MR) is 92.6 cm³/mol. The van der Waals surface area contributed by atoms with E-state index in [1.54, 1.807) is 0 Å². The van der Waals surface area contributed by atoms with Crippen molar-refractivity contribution >= 4 is 27.4 Å². The molecule has 0 amide bonds. The van der Waals surface area contributed by atoms with Crippen LogP contribution in [0.4, 0.5) is 0 Å². The Labute approximate surface area is 146 Å². The topological polar surface area (TPSA) is 97.9 Å². The summed E-state index contributed by atoms with van der Waals surface area (Å²) in [5.41, 5.74) is 2.47. The maximum Gasteiger partial charge on any atom is 0.261 e. The van der Waals surface area contributed by atoms with Gasteiger partial charge in [0, 0.05) is 19.2 Å². The molecule has 0 saturated carbocycles. The van der Waals surface area contributed by atoms with Crippen molar-refractivity contribution in [3.63, 3.8) is 0 Å². The number of hydrogen-bond acceptors (Lipinski definition) is 6. The van der Waals surface area contributed by atoms with Crippen LogP contribution in [-0.2, 0) is 14.8 Å². The molecule has 0 aliphatic carbocycles. The summed E-state index contributed by atoms with van der Waals surface area (Å²) in [4.78, 5) is 2.19. The second-order valence-corrected chi connectivity index (χ2v) is 7.15. The van der Waals surface area contributed by atoms with Crippen molar-refractivity contribution in [2.45, 2.75) is 23.8 Å². The second-order valence-electron chi connectivity index (χ2n) is 5.09. The molecule has 1 fully saturated rings. The molecule has 1 saturated heterocycles. The van der Waals surface area contributed by atoms with E-state index < -0.39 is 10.0 Å². The summed E-state index contributed by atoms with van der Waals surface area (Å²) in [6.07, 6.45) is 2.09. The number of hydrogen-bond donors (Lipinski definition) is 3. The first kappa shape index (κ1) is 18.7. The van der Waals surface area contributed by atoms with E-state index in [0.29, 0.717) is 12.3 Å². The molecular weight excluding hydrogens is 354 g/mol. The second kappa shape index (κ2) is 8.47. The van der Waals surface area contributed by atoms with Gasteiger partial charge in [0.25, 0.3) is 10.0 Å². The quantitative estimate of drug-likeness (QED) is 0.469. The highest BCUT2D eigenvalue weighted by atomic mass is 32.2. The number of rotatable bonds is 7. The van der Waals surface area contributed by atoms with Crippen LogP contribution in [0, 0.1) is 0 Å². The molecule has 10 heteroatoms.